The Morgan fingerprint density at radius 1 is 0.676 bits per heavy atom. The smallest absolute Gasteiger partial charge is 0.329 e. The van der Waals surface area contributed by atoms with Gasteiger partial charge in [0.25, 0.3) is 0 Å². The highest BCUT2D eigenvalue weighted by atomic mass is 32.2. The van der Waals surface area contributed by atoms with Crippen LogP contribution in [0.2, 0.25) is 0 Å². The third kappa shape index (κ3) is 10.7. The first kappa shape index (κ1) is 28.3. The number of ether oxygens (including phenoxy) is 1. The number of esters is 1. The fourth-order valence-electron chi connectivity index (χ4n) is 3.44. The first-order chi connectivity index (χ1) is 18.0. The molecule has 2 N–H and O–H groups in total. The maximum atomic E-state index is 13.2. The molecule has 0 fully saturated rings. The van der Waals surface area contributed by atoms with E-state index in [0.717, 1.165) is 16.7 Å². The zero-order valence-corrected chi connectivity index (χ0v) is 22.4. The molecule has 2 amide bonds. The van der Waals surface area contributed by atoms with Gasteiger partial charge in [0.1, 0.15) is 18.7 Å². The predicted molar refractivity (Wildman–Crippen MR) is 151 cm³/mol. The Balaban J connectivity index is 1.61. The number of nitrogens with one attached hydrogen (secondary N) is 2. The minimum atomic E-state index is -0.847. The van der Waals surface area contributed by atoms with Crippen molar-refractivity contribution >= 4 is 41.3 Å². The van der Waals surface area contributed by atoms with Crippen LogP contribution in [0, 0.1) is 0 Å². The number of thioether (sulfide) groups is 2. The normalized spacial score (nSPS) is 12.2. The van der Waals surface area contributed by atoms with E-state index in [1.54, 1.807) is 11.8 Å². The molecule has 0 aliphatic rings. The van der Waals surface area contributed by atoms with E-state index < -0.39 is 24.0 Å². The number of hydrogen-bond donors (Lipinski definition) is 2. The summed E-state index contributed by atoms with van der Waals surface area (Å²) in [6.07, 6.45) is 0. The largest absolute Gasteiger partial charge is 0.459 e. The van der Waals surface area contributed by atoms with Crippen molar-refractivity contribution in [3.8, 4) is 0 Å². The second-order valence-electron chi connectivity index (χ2n) is 8.41. The zero-order chi connectivity index (χ0) is 26.3. The van der Waals surface area contributed by atoms with E-state index in [0.29, 0.717) is 23.0 Å². The van der Waals surface area contributed by atoms with Gasteiger partial charge >= 0.3 is 5.97 Å². The molecule has 8 heteroatoms. The van der Waals surface area contributed by atoms with E-state index in [9.17, 15) is 14.4 Å². The van der Waals surface area contributed by atoms with Crippen molar-refractivity contribution < 1.29 is 19.1 Å². The van der Waals surface area contributed by atoms with E-state index in [1.807, 2.05) is 91.0 Å². The lowest BCUT2D eigenvalue weighted by molar-refractivity contribution is -0.148. The average Bonchev–Trinajstić information content (AvgIpc) is 2.92. The molecule has 0 saturated heterocycles. The van der Waals surface area contributed by atoms with Crippen molar-refractivity contribution in [3.05, 3.63) is 108 Å². The molecule has 3 aromatic carbocycles. The molecule has 0 unspecified atom stereocenters. The summed E-state index contributed by atoms with van der Waals surface area (Å²) in [5.41, 5.74) is 3.13. The van der Waals surface area contributed by atoms with Gasteiger partial charge in [-0.25, -0.2) is 4.79 Å². The van der Waals surface area contributed by atoms with Crippen LogP contribution in [0.15, 0.2) is 91.0 Å². The number of carbonyl (C=O) groups excluding carboxylic acids is 3. The molecule has 0 spiro atoms. The van der Waals surface area contributed by atoms with Crippen molar-refractivity contribution in [2.24, 2.45) is 0 Å². The molecular weight excluding hydrogens is 504 g/mol. The molecule has 0 aliphatic heterocycles. The third-order valence-electron chi connectivity index (χ3n) is 5.31. The average molecular weight is 537 g/mol. The Morgan fingerprint density at radius 3 is 1.62 bits per heavy atom. The Kier molecular flexibility index (Phi) is 12.1. The number of rotatable bonds is 14. The SMILES string of the molecule is CC(=O)N[C@@H](CSCc1ccccc1)C(=O)N[C@@H](CSCc1ccccc1)C(=O)OCc1ccccc1. The van der Waals surface area contributed by atoms with Gasteiger partial charge in [-0.1, -0.05) is 91.0 Å². The van der Waals surface area contributed by atoms with Crippen LogP contribution < -0.4 is 10.6 Å². The molecule has 0 saturated carbocycles. The Labute approximate surface area is 227 Å². The fourth-order valence-corrected chi connectivity index (χ4v) is 5.45. The van der Waals surface area contributed by atoms with Gasteiger partial charge in [-0.05, 0) is 16.7 Å². The molecule has 6 nitrogen and oxygen atoms in total. The molecule has 0 heterocycles. The summed E-state index contributed by atoms with van der Waals surface area (Å²) < 4.78 is 5.53. The zero-order valence-electron chi connectivity index (χ0n) is 20.8. The molecule has 3 rings (SSSR count). The minimum absolute atomic E-state index is 0.122. The number of benzene rings is 3. The summed E-state index contributed by atoms with van der Waals surface area (Å²) >= 11 is 3.09. The van der Waals surface area contributed by atoms with E-state index in [4.69, 9.17) is 4.74 Å². The van der Waals surface area contributed by atoms with Gasteiger partial charge < -0.3 is 15.4 Å². The molecule has 0 bridgehead atoms. The van der Waals surface area contributed by atoms with Crippen LogP contribution in [0.1, 0.15) is 23.6 Å². The van der Waals surface area contributed by atoms with Gasteiger partial charge in [-0.2, -0.15) is 23.5 Å². The van der Waals surface area contributed by atoms with E-state index in [-0.39, 0.29) is 12.5 Å². The van der Waals surface area contributed by atoms with Gasteiger partial charge in [0.2, 0.25) is 11.8 Å². The minimum Gasteiger partial charge on any atom is -0.459 e. The van der Waals surface area contributed by atoms with Crippen molar-refractivity contribution in [2.45, 2.75) is 37.1 Å². The molecule has 194 valence electrons. The van der Waals surface area contributed by atoms with Crippen molar-refractivity contribution in [3.63, 3.8) is 0 Å². The fraction of sp³-hybridized carbons (Fsp3) is 0.276. The summed E-state index contributed by atoms with van der Waals surface area (Å²) in [4.78, 5) is 38.0. The first-order valence-electron chi connectivity index (χ1n) is 12.0. The van der Waals surface area contributed by atoms with Crippen LogP contribution in [0.4, 0.5) is 0 Å². The van der Waals surface area contributed by atoms with Crippen LogP contribution in [0.5, 0.6) is 0 Å². The van der Waals surface area contributed by atoms with Gasteiger partial charge in [0.15, 0.2) is 0 Å². The molecule has 3 aromatic rings. The summed E-state index contributed by atoms with van der Waals surface area (Å²) in [5.74, 6) is 0.915. The number of hydrogen-bond acceptors (Lipinski definition) is 6. The topological polar surface area (TPSA) is 84.5 Å². The van der Waals surface area contributed by atoms with E-state index in [1.165, 1.54) is 18.7 Å². The quantitative estimate of drug-likeness (QED) is 0.293. The number of carbonyl (C=O) groups is 3. The lowest BCUT2D eigenvalue weighted by Gasteiger charge is -2.22. The van der Waals surface area contributed by atoms with Gasteiger partial charge in [-0.3, -0.25) is 9.59 Å². The molecule has 2 atom stereocenters. The monoisotopic (exact) mass is 536 g/mol. The third-order valence-corrected chi connectivity index (χ3v) is 7.52. The van der Waals surface area contributed by atoms with E-state index in [2.05, 4.69) is 10.6 Å². The highest BCUT2D eigenvalue weighted by Crippen LogP contribution is 2.16. The Bertz CT molecular complexity index is 1110. The summed E-state index contributed by atoms with van der Waals surface area (Å²) in [7, 11) is 0. The van der Waals surface area contributed by atoms with Crippen LogP contribution >= 0.6 is 23.5 Å². The number of amides is 2. The van der Waals surface area contributed by atoms with Crippen LogP contribution in [-0.4, -0.2) is 41.4 Å². The second-order valence-corrected chi connectivity index (χ2v) is 10.5. The molecule has 37 heavy (non-hydrogen) atoms. The lowest BCUT2D eigenvalue weighted by atomic mass is 10.2. The molecule has 0 aliphatic carbocycles. The van der Waals surface area contributed by atoms with Crippen molar-refractivity contribution in [1.82, 2.24) is 10.6 Å². The Morgan fingerprint density at radius 2 is 1.14 bits per heavy atom. The van der Waals surface area contributed by atoms with E-state index >= 15 is 0 Å². The second kappa shape index (κ2) is 15.8. The van der Waals surface area contributed by atoms with Crippen LogP contribution in [0.25, 0.3) is 0 Å². The summed E-state index contributed by atoms with van der Waals surface area (Å²) in [5, 5.41) is 5.55. The van der Waals surface area contributed by atoms with Gasteiger partial charge in [0, 0.05) is 29.9 Å². The van der Waals surface area contributed by atoms with Crippen molar-refractivity contribution in [1.29, 1.82) is 0 Å². The van der Waals surface area contributed by atoms with Crippen molar-refractivity contribution in [2.75, 3.05) is 11.5 Å². The first-order valence-corrected chi connectivity index (χ1v) is 14.3. The Hall–Kier alpha value is -3.23. The van der Waals surface area contributed by atoms with Gasteiger partial charge in [-0.15, -0.1) is 0 Å². The molecular formula is C29H32N2O4S2. The standard InChI is InChI=1S/C29H32N2O4S2/c1-22(32)30-26(20-36-18-24-13-7-3-8-14-24)28(33)31-27(21-37-19-25-15-9-4-10-16-25)29(34)35-17-23-11-5-2-6-12-23/h2-16,26-27H,17-21H2,1H3,(H,30,32)(H,31,33)/t26-,27-/m0/s1. The molecule has 0 aromatic heterocycles. The van der Waals surface area contributed by atoms with Crippen LogP contribution in [-0.2, 0) is 37.2 Å². The van der Waals surface area contributed by atoms with Crippen LogP contribution in [0.3, 0.4) is 0 Å². The summed E-state index contributed by atoms with van der Waals surface area (Å²) in [6.45, 7) is 1.50. The predicted octanol–water partition coefficient (Wildman–Crippen LogP) is 4.59. The lowest BCUT2D eigenvalue weighted by Crippen LogP contribution is -2.53. The maximum Gasteiger partial charge on any atom is 0.329 e. The molecule has 0 radical (unpaired) electrons. The highest BCUT2D eigenvalue weighted by molar-refractivity contribution is 7.98. The van der Waals surface area contributed by atoms with Gasteiger partial charge in [0.05, 0.1) is 0 Å². The maximum absolute atomic E-state index is 13.2. The summed E-state index contributed by atoms with van der Waals surface area (Å²) in [6, 6.07) is 27.6. The highest BCUT2D eigenvalue weighted by Gasteiger charge is 2.27.